The molecular formula is C11H26N2. The van der Waals surface area contributed by atoms with Gasteiger partial charge in [0, 0.05) is 12.1 Å². The Kier molecular flexibility index (Phi) is 7.29. The van der Waals surface area contributed by atoms with Gasteiger partial charge in [0.1, 0.15) is 0 Å². The van der Waals surface area contributed by atoms with E-state index >= 15 is 0 Å². The SMILES string of the molecule is CCCCC(NC(C)C)NC(C)C. The Hall–Kier alpha value is -0.0800. The van der Waals surface area contributed by atoms with Gasteiger partial charge in [-0.3, -0.25) is 10.6 Å². The minimum Gasteiger partial charge on any atom is -0.300 e. The van der Waals surface area contributed by atoms with Gasteiger partial charge >= 0.3 is 0 Å². The van der Waals surface area contributed by atoms with Crippen molar-refractivity contribution in [2.45, 2.75) is 72.1 Å². The zero-order valence-electron chi connectivity index (χ0n) is 9.85. The van der Waals surface area contributed by atoms with Gasteiger partial charge in [0.25, 0.3) is 0 Å². The largest absolute Gasteiger partial charge is 0.300 e. The molecule has 13 heavy (non-hydrogen) atoms. The summed E-state index contributed by atoms with van der Waals surface area (Å²) in [7, 11) is 0. The van der Waals surface area contributed by atoms with Crippen molar-refractivity contribution >= 4 is 0 Å². The molecule has 0 aromatic carbocycles. The van der Waals surface area contributed by atoms with Crippen LogP contribution in [0.1, 0.15) is 53.9 Å². The highest BCUT2D eigenvalue weighted by Crippen LogP contribution is 2.00. The number of unbranched alkanes of at least 4 members (excludes halogenated alkanes) is 1. The Labute approximate surface area is 83.5 Å². The van der Waals surface area contributed by atoms with Crippen LogP contribution in [0.25, 0.3) is 0 Å². The van der Waals surface area contributed by atoms with Crippen LogP contribution in [0.2, 0.25) is 0 Å². The molecule has 0 saturated heterocycles. The van der Waals surface area contributed by atoms with E-state index in [2.05, 4.69) is 45.3 Å². The second-order valence-electron chi connectivity index (χ2n) is 4.34. The fourth-order valence-corrected chi connectivity index (χ4v) is 1.43. The molecule has 0 amide bonds. The molecule has 0 aliphatic rings. The van der Waals surface area contributed by atoms with E-state index in [4.69, 9.17) is 0 Å². The highest BCUT2D eigenvalue weighted by Gasteiger charge is 2.09. The van der Waals surface area contributed by atoms with Crippen LogP contribution < -0.4 is 10.6 Å². The van der Waals surface area contributed by atoms with Crippen molar-refractivity contribution in [2.75, 3.05) is 0 Å². The van der Waals surface area contributed by atoms with Crippen molar-refractivity contribution in [2.24, 2.45) is 0 Å². The molecule has 0 spiro atoms. The molecule has 2 N–H and O–H groups in total. The van der Waals surface area contributed by atoms with E-state index in [0.29, 0.717) is 18.2 Å². The first-order chi connectivity index (χ1) is 6.06. The van der Waals surface area contributed by atoms with Crippen LogP contribution in [0, 0.1) is 0 Å². The lowest BCUT2D eigenvalue weighted by Crippen LogP contribution is -2.48. The molecule has 0 fully saturated rings. The zero-order chi connectivity index (χ0) is 10.3. The molecule has 0 saturated carbocycles. The van der Waals surface area contributed by atoms with Gasteiger partial charge in [0.2, 0.25) is 0 Å². The average Bonchev–Trinajstić information content (AvgIpc) is 1.98. The Bertz CT molecular complexity index is 101. The van der Waals surface area contributed by atoms with Crippen LogP contribution in [-0.4, -0.2) is 18.2 Å². The highest BCUT2D eigenvalue weighted by molar-refractivity contribution is 4.69. The minimum absolute atomic E-state index is 0.486. The van der Waals surface area contributed by atoms with Crippen LogP contribution in [0.4, 0.5) is 0 Å². The maximum absolute atomic E-state index is 3.53. The summed E-state index contributed by atoms with van der Waals surface area (Å²) in [5.74, 6) is 0. The third-order valence-corrected chi connectivity index (χ3v) is 1.92. The predicted octanol–water partition coefficient (Wildman–Crippen LogP) is 2.50. The van der Waals surface area contributed by atoms with E-state index in [0.717, 1.165) is 0 Å². The van der Waals surface area contributed by atoms with Crippen LogP contribution in [-0.2, 0) is 0 Å². The van der Waals surface area contributed by atoms with Crippen molar-refractivity contribution < 1.29 is 0 Å². The normalized spacial score (nSPS) is 12.0. The van der Waals surface area contributed by atoms with Gasteiger partial charge in [-0.05, 0) is 34.1 Å². The Morgan fingerprint density at radius 3 is 1.69 bits per heavy atom. The molecule has 0 unspecified atom stereocenters. The number of hydrogen-bond acceptors (Lipinski definition) is 2. The second kappa shape index (κ2) is 7.34. The smallest absolute Gasteiger partial charge is 0.0575 e. The molecule has 0 bridgehead atoms. The van der Waals surface area contributed by atoms with Crippen molar-refractivity contribution in [1.29, 1.82) is 0 Å². The first kappa shape index (κ1) is 12.9. The van der Waals surface area contributed by atoms with Gasteiger partial charge in [-0.2, -0.15) is 0 Å². The van der Waals surface area contributed by atoms with Gasteiger partial charge in [-0.15, -0.1) is 0 Å². The van der Waals surface area contributed by atoms with E-state index in [1.807, 2.05) is 0 Å². The van der Waals surface area contributed by atoms with Gasteiger partial charge < -0.3 is 0 Å². The highest BCUT2D eigenvalue weighted by atomic mass is 15.1. The van der Waals surface area contributed by atoms with E-state index < -0.39 is 0 Å². The molecule has 2 nitrogen and oxygen atoms in total. The van der Waals surface area contributed by atoms with Crippen LogP contribution >= 0.6 is 0 Å². The van der Waals surface area contributed by atoms with Gasteiger partial charge in [-0.25, -0.2) is 0 Å². The summed E-state index contributed by atoms with van der Waals surface area (Å²) in [6, 6.07) is 1.13. The zero-order valence-corrected chi connectivity index (χ0v) is 9.85. The van der Waals surface area contributed by atoms with E-state index in [1.165, 1.54) is 19.3 Å². The number of nitrogens with one attached hydrogen (secondary N) is 2. The average molecular weight is 186 g/mol. The maximum Gasteiger partial charge on any atom is 0.0575 e. The standard InChI is InChI=1S/C11H26N2/c1-6-7-8-11(12-9(2)3)13-10(4)5/h9-13H,6-8H2,1-5H3. The third kappa shape index (κ3) is 8.26. The van der Waals surface area contributed by atoms with Crippen molar-refractivity contribution in [3.8, 4) is 0 Å². The summed E-state index contributed by atoms with van der Waals surface area (Å²) < 4.78 is 0. The molecule has 0 atom stereocenters. The van der Waals surface area contributed by atoms with Crippen molar-refractivity contribution in [1.82, 2.24) is 10.6 Å². The summed E-state index contributed by atoms with van der Waals surface area (Å²) in [4.78, 5) is 0. The van der Waals surface area contributed by atoms with Crippen LogP contribution in [0.5, 0.6) is 0 Å². The molecule has 2 heteroatoms. The summed E-state index contributed by atoms with van der Waals surface area (Å²) >= 11 is 0. The number of hydrogen-bond donors (Lipinski definition) is 2. The number of rotatable bonds is 7. The Morgan fingerprint density at radius 2 is 1.38 bits per heavy atom. The maximum atomic E-state index is 3.53. The fourth-order valence-electron chi connectivity index (χ4n) is 1.43. The summed E-state index contributed by atoms with van der Waals surface area (Å²) in [5.41, 5.74) is 0. The Morgan fingerprint density at radius 1 is 0.923 bits per heavy atom. The molecule has 0 radical (unpaired) electrons. The van der Waals surface area contributed by atoms with Gasteiger partial charge in [-0.1, -0.05) is 19.8 Å². The fraction of sp³-hybridized carbons (Fsp3) is 1.00. The topological polar surface area (TPSA) is 24.1 Å². The van der Waals surface area contributed by atoms with Crippen molar-refractivity contribution in [3.63, 3.8) is 0 Å². The van der Waals surface area contributed by atoms with Crippen LogP contribution in [0.15, 0.2) is 0 Å². The molecule has 0 aliphatic heterocycles. The molecule has 0 aliphatic carbocycles. The molecular weight excluding hydrogens is 160 g/mol. The minimum atomic E-state index is 0.486. The lowest BCUT2D eigenvalue weighted by Gasteiger charge is -2.24. The quantitative estimate of drug-likeness (QED) is 0.597. The molecule has 80 valence electrons. The van der Waals surface area contributed by atoms with Gasteiger partial charge in [0.15, 0.2) is 0 Å². The first-order valence-electron chi connectivity index (χ1n) is 5.58. The lowest BCUT2D eigenvalue weighted by molar-refractivity contribution is 0.341. The van der Waals surface area contributed by atoms with E-state index in [1.54, 1.807) is 0 Å². The first-order valence-corrected chi connectivity index (χ1v) is 5.58. The third-order valence-electron chi connectivity index (χ3n) is 1.92. The summed E-state index contributed by atoms with van der Waals surface area (Å²) in [6.45, 7) is 11.0. The predicted molar refractivity (Wildman–Crippen MR) is 59.9 cm³/mol. The molecule has 0 rings (SSSR count). The van der Waals surface area contributed by atoms with E-state index in [9.17, 15) is 0 Å². The van der Waals surface area contributed by atoms with E-state index in [-0.39, 0.29) is 0 Å². The van der Waals surface area contributed by atoms with Crippen LogP contribution in [0.3, 0.4) is 0 Å². The second-order valence-corrected chi connectivity index (χ2v) is 4.34. The molecule has 0 heterocycles. The molecule has 0 aromatic heterocycles. The molecule has 0 aromatic rings. The Balaban J connectivity index is 3.73. The van der Waals surface area contributed by atoms with Gasteiger partial charge in [0.05, 0.1) is 6.17 Å². The monoisotopic (exact) mass is 186 g/mol. The summed E-state index contributed by atoms with van der Waals surface area (Å²) in [6.07, 6.45) is 4.28. The summed E-state index contributed by atoms with van der Waals surface area (Å²) in [5, 5.41) is 7.07. The lowest BCUT2D eigenvalue weighted by atomic mass is 10.2. The van der Waals surface area contributed by atoms with Crippen molar-refractivity contribution in [3.05, 3.63) is 0 Å².